The molecule has 2 rings (SSSR count). The number of hydrogen-bond donors (Lipinski definition) is 2. The Morgan fingerprint density at radius 3 is 2.39 bits per heavy atom. The minimum absolute atomic E-state index is 0. The standard InChI is InChI=1S/C20H41N5O2.HI/c1-17(2)19(25-10-13-27-14-11-25)16-23-20(21-3)22-15-18-5-7-24(8-6-18)9-12-26-4;/h17-19H,5-16H2,1-4H3,(H2,21,22,23);1H. The van der Waals surface area contributed by atoms with Gasteiger partial charge < -0.3 is 25.0 Å². The van der Waals surface area contributed by atoms with Gasteiger partial charge in [0.05, 0.1) is 19.8 Å². The Labute approximate surface area is 189 Å². The SMILES string of the molecule is CN=C(NCC1CCN(CCOC)CC1)NCC(C(C)C)N1CCOCC1.I. The topological polar surface area (TPSA) is 61.4 Å². The first kappa shape index (κ1) is 25.9. The van der Waals surface area contributed by atoms with Gasteiger partial charge in [0.15, 0.2) is 5.96 Å². The number of piperidine rings is 1. The highest BCUT2D eigenvalue weighted by atomic mass is 127. The van der Waals surface area contributed by atoms with Crippen molar-refractivity contribution in [2.75, 3.05) is 79.8 Å². The van der Waals surface area contributed by atoms with Crippen molar-refractivity contribution in [1.29, 1.82) is 0 Å². The molecule has 0 aliphatic carbocycles. The molecule has 0 aromatic heterocycles. The second-order valence-electron chi connectivity index (χ2n) is 8.07. The molecule has 2 aliphatic heterocycles. The molecule has 0 amide bonds. The highest BCUT2D eigenvalue weighted by Crippen LogP contribution is 2.16. The monoisotopic (exact) mass is 511 g/mol. The molecule has 2 aliphatic rings. The first-order chi connectivity index (χ1) is 13.1. The number of methoxy groups -OCH3 is 1. The molecule has 1 unspecified atom stereocenters. The van der Waals surface area contributed by atoms with E-state index in [4.69, 9.17) is 9.47 Å². The van der Waals surface area contributed by atoms with Crippen LogP contribution < -0.4 is 10.6 Å². The van der Waals surface area contributed by atoms with Crippen LogP contribution in [0.5, 0.6) is 0 Å². The van der Waals surface area contributed by atoms with Crippen LogP contribution in [0.1, 0.15) is 26.7 Å². The summed E-state index contributed by atoms with van der Waals surface area (Å²) in [6.07, 6.45) is 2.49. The van der Waals surface area contributed by atoms with Gasteiger partial charge in [0.25, 0.3) is 0 Å². The zero-order valence-corrected chi connectivity index (χ0v) is 20.6. The minimum Gasteiger partial charge on any atom is -0.383 e. The fourth-order valence-electron chi connectivity index (χ4n) is 3.99. The summed E-state index contributed by atoms with van der Waals surface area (Å²) < 4.78 is 10.7. The second-order valence-corrected chi connectivity index (χ2v) is 8.07. The number of morpholine rings is 1. The number of aliphatic imine (C=N–C) groups is 1. The molecule has 2 fully saturated rings. The van der Waals surface area contributed by atoms with Gasteiger partial charge in [-0.2, -0.15) is 0 Å². The van der Waals surface area contributed by atoms with Gasteiger partial charge in [-0.1, -0.05) is 13.8 Å². The van der Waals surface area contributed by atoms with Crippen LogP contribution in [0.4, 0.5) is 0 Å². The normalized spacial score (nSPS) is 21.4. The predicted octanol–water partition coefficient (Wildman–Crippen LogP) is 1.48. The summed E-state index contributed by atoms with van der Waals surface area (Å²) in [5.41, 5.74) is 0. The lowest BCUT2D eigenvalue weighted by Crippen LogP contribution is -2.53. The first-order valence-corrected chi connectivity index (χ1v) is 10.6. The van der Waals surface area contributed by atoms with Crippen LogP contribution in [0.2, 0.25) is 0 Å². The van der Waals surface area contributed by atoms with E-state index in [1.807, 2.05) is 7.05 Å². The average Bonchev–Trinajstić information content (AvgIpc) is 2.70. The van der Waals surface area contributed by atoms with Gasteiger partial charge in [-0.15, -0.1) is 24.0 Å². The largest absolute Gasteiger partial charge is 0.383 e. The van der Waals surface area contributed by atoms with Crippen LogP contribution >= 0.6 is 24.0 Å². The number of hydrogen-bond acceptors (Lipinski definition) is 5. The number of nitrogens with one attached hydrogen (secondary N) is 2. The summed E-state index contributed by atoms with van der Waals surface area (Å²) in [6, 6.07) is 0.511. The molecule has 2 heterocycles. The van der Waals surface area contributed by atoms with E-state index in [0.717, 1.165) is 64.4 Å². The van der Waals surface area contributed by atoms with E-state index >= 15 is 0 Å². The Hall–Kier alpha value is -0.160. The fraction of sp³-hybridized carbons (Fsp3) is 0.950. The summed E-state index contributed by atoms with van der Waals surface area (Å²) in [4.78, 5) is 9.48. The number of likely N-dealkylation sites (tertiary alicyclic amines) is 1. The molecule has 7 nitrogen and oxygen atoms in total. The maximum absolute atomic E-state index is 5.50. The van der Waals surface area contributed by atoms with Crippen molar-refractivity contribution >= 4 is 29.9 Å². The van der Waals surface area contributed by atoms with Gasteiger partial charge in [0.1, 0.15) is 0 Å². The van der Waals surface area contributed by atoms with Crippen LogP contribution in [0, 0.1) is 11.8 Å². The number of rotatable bonds is 9. The number of ether oxygens (including phenoxy) is 2. The predicted molar refractivity (Wildman–Crippen MR) is 127 cm³/mol. The lowest BCUT2D eigenvalue weighted by atomic mass is 9.97. The molecule has 2 N–H and O–H groups in total. The van der Waals surface area contributed by atoms with Gasteiger partial charge in [0, 0.05) is 52.9 Å². The molecule has 8 heteroatoms. The molecule has 2 saturated heterocycles. The number of guanidine groups is 1. The van der Waals surface area contributed by atoms with E-state index in [9.17, 15) is 0 Å². The van der Waals surface area contributed by atoms with Crippen molar-refractivity contribution < 1.29 is 9.47 Å². The third-order valence-corrected chi connectivity index (χ3v) is 5.86. The van der Waals surface area contributed by atoms with Crippen LogP contribution in [0.25, 0.3) is 0 Å². The molecule has 166 valence electrons. The molecular formula is C20H42IN5O2. The maximum atomic E-state index is 5.50. The van der Waals surface area contributed by atoms with E-state index in [2.05, 4.69) is 39.3 Å². The Morgan fingerprint density at radius 1 is 1.14 bits per heavy atom. The third-order valence-electron chi connectivity index (χ3n) is 5.86. The van der Waals surface area contributed by atoms with Crippen molar-refractivity contribution in [2.24, 2.45) is 16.8 Å². The summed E-state index contributed by atoms with van der Waals surface area (Å²) in [5.74, 6) is 2.25. The van der Waals surface area contributed by atoms with Gasteiger partial charge in [-0.25, -0.2) is 0 Å². The molecular weight excluding hydrogens is 469 g/mol. The lowest BCUT2D eigenvalue weighted by molar-refractivity contribution is 0.00752. The van der Waals surface area contributed by atoms with Crippen LogP contribution in [-0.4, -0.2) is 102 Å². The van der Waals surface area contributed by atoms with E-state index in [0.29, 0.717) is 12.0 Å². The van der Waals surface area contributed by atoms with Crippen molar-refractivity contribution in [1.82, 2.24) is 20.4 Å². The summed E-state index contributed by atoms with van der Waals surface area (Å²) in [5, 5.41) is 7.10. The molecule has 0 aromatic rings. The van der Waals surface area contributed by atoms with Crippen molar-refractivity contribution in [2.45, 2.75) is 32.7 Å². The highest BCUT2D eigenvalue weighted by Gasteiger charge is 2.24. The molecule has 28 heavy (non-hydrogen) atoms. The fourth-order valence-corrected chi connectivity index (χ4v) is 3.99. The molecule has 0 radical (unpaired) electrons. The highest BCUT2D eigenvalue weighted by molar-refractivity contribution is 14.0. The van der Waals surface area contributed by atoms with E-state index in [1.54, 1.807) is 7.11 Å². The van der Waals surface area contributed by atoms with Gasteiger partial charge >= 0.3 is 0 Å². The number of halogens is 1. The van der Waals surface area contributed by atoms with Crippen LogP contribution in [0.15, 0.2) is 4.99 Å². The Balaban J connectivity index is 0.00000392. The number of nitrogens with zero attached hydrogens (tertiary/aromatic N) is 3. The summed E-state index contributed by atoms with van der Waals surface area (Å²) in [7, 11) is 3.64. The maximum Gasteiger partial charge on any atom is 0.191 e. The van der Waals surface area contributed by atoms with Gasteiger partial charge in [-0.3, -0.25) is 9.89 Å². The minimum atomic E-state index is 0. The van der Waals surface area contributed by atoms with Gasteiger partial charge in [0.2, 0.25) is 0 Å². The second kappa shape index (κ2) is 14.8. The molecule has 0 bridgehead atoms. The average molecular weight is 511 g/mol. The molecule has 0 aromatic carbocycles. The Kier molecular flexibility index (Phi) is 13.6. The Morgan fingerprint density at radius 2 is 1.82 bits per heavy atom. The van der Waals surface area contributed by atoms with Crippen molar-refractivity contribution in [3.05, 3.63) is 0 Å². The zero-order valence-electron chi connectivity index (χ0n) is 18.3. The summed E-state index contributed by atoms with van der Waals surface area (Å²) >= 11 is 0. The van der Waals surface area contributed by atoms with Crippen molar-refractivity contribution in [3.8, 4) is 0 Å². The molecule has 0 saturated carbocycles. The molecule has 1 atom stereocenters. The first-order valence-electron chi connectivity index (χ1n) is 10.6. The third kappa shape index (κ3) is 9.11. The van der Waals surface area contributed by atoms with E-state index in [1.165, 1.54) is 25.9 Å². The van der Waals surface area contributed by atoms with E-state index in [-0.39, 0.29) is 24.0 Å². The van der Waals surface area contributed by atoms with Gasteiger partial charge in [-0.05, 0) is 37.8 Å². The zero-order chi connectivity index (χ0) is 19.5. The smallest absolute Gasteiger partial charge is 0.191 e. The quantitative estimate of drug-likeness (QED) is 0.278. The summed E-state index contributed by atoms with van der Waals surface area (Å²) in [6.45, 7) is 14.5. The van der Waals surface area contributed by atoms with Crippen LogP contribution in [0.3, 0.4) is 0 Å². The molecule has 0 spiro atoms. The van der Waals surface area contributed by atoms with E-state index < -0.39 is 0 Å². The Bertz CT molecular complexity index is 425. The van der Waals surface area contributed by atoms with Crippen molar-refractivity contribution in [3.63, 3.8) is 0 Å². The lowest BCUT2D eigenvalue weighted by Gasteiger charge is -2.37. The van der Waals surface area contributed by atoms with Crippen LogP contribution in [-0.2, 0) is 9.47 Å².